The molecule has 1 unspecified atom stereocenters. The number of carboxylic acid groups (broad SMARTS) is 1. The van der Waals surface area contributed by atoms with E-state index >= 15 is 0 Å². The third-order valence-electron chi connectivity index (χ3n) is 4.28. The fourth-order valence-corrected chi connectivity index (χ4v) is 2.89. The van der Waals surface area contributed by atoms with Gasteiger partial charge < -0.3 is 24.9 Å². The molecule has 0 spiro atoms. The van der Waals surface area contributed by atoms with Crippen LogP contribution in [-0.4, -0.2) is 26.2 Å². The number of aliphatic carboxylic acids is 1. The van der Waals surface area contributed by atoms with Gasteiger partial charge in [0.15, 0.2) is 0 Å². The largest absolute Gasteiger partial charge is 0.508 e. The number of nitro groups is 1. The van der Waals surface area contributed by atoms with Crippen LogP contribution in [0.15, 0.2) is 48.2 Å². The lowest BCUT2D eigenvalue weighted by Crippen LogP contribution is -2.35. The molecule has 0 bridgehead atoms. The number of ether oxygens (including phenoxy) is 1. The summed E-state index contributed by atoms with van der Waals surface area (Å²) in [4.78, 5) is 26.5. The van der Waals surface area contributed by atoms with E-state index in [2.05, 4.69) is 5.48 Å². The van der Waals surface area contributed by atoms with E-state index in [0.717, 1.165) is 6.07 Å². The first-order chi connectivity index (χ1) is 13.3. The number of hydroxylamine groups is 1. The van der Waals surface area contributed by atoms with Crippen LogP contribution in [0.25, 0.3) is 0 Å². The third-order valence-corrected chi connectivity index (χ3v) is 4.28. The van der Waals surface area contributed by atoms with Gasteiger partial charge in [-0.25, -0.2) is 4.79 Å². The molecule has 10 heteroatoms. The van der Waals surface area contributed by atoms with Crippen LogP contribution in [0.5, 0.6) is 23.0 Å². The van der Waals surface area contributed by atoms with E-state index in [4.69, 9.17) is 14.7 Å². The number of nitro benzene ring substituents is 1. The first-order valence-corrected chi connectivity index (χ1v) is 8.14. The van der Waals surface area contributed by atoms with Gasteiger partial charge >= 0.3 is 5.97 Å². The maximum atomic E-state index is 11.2. The van der Waals surface area contributed by atoms with Gasteiger partial charge in [0.25, 0.3) is 5.69 Å². The number of non-ortho nitro benzene ring substituents is 1. The minimum absolute atomic E-state index is 0.0205. The summed E-state index contributed by atoms with van der Waals surface area (Å²) in [5.41, 5.74) is 1.37. The van der Waals surface area contributed by atoms with Gasteiger partial charge in [0, 0.05) is 24.3 Å². The number of aromatic hydroxyl groups is 2. The topological polar surface area (TPSA) is 151 Å². The molecule has 0 aromatic heterocycles. The summed E-state index contributed by atoms with van der Waals surface area (Å²) in [6.45, 7) is 1.74. The summed E-state index contributed by atoms with van der Waals surface area (Å²) < 4.78 is 5.73. The number of carbonyl (C=O) groups is 1. The van der Waals surface area contributed by atoms with E-state index in [-0.39, 0.29) is 46.4 Å². The van der Waals surface area contributed by atoms with E-state index in [1.165, 1.54) is 36.4 Å². The molecule has 0 saturated heterocycles. The first kappa shape index (κ1) is 19.0. The molecule has 0 fully saturated rings. The van der Waals surface area contributed by atoms with Crippen molar-refractivity contribution in [3.8, 4) is 23.0 Å². The highest BCUT2D eigenvalue weighted by molar-refractivity contribution is 5.85. The predicted molar refractivity (Wildman–Crippen MR) is 94.9 cm³/mol. The van der Waals surface area contributed by atoms with Crippen molar-refractivity contribution in [3.05, 3.63) is 63.9 Å². The summed E-state index contributed by atoms with van der Waals surface area (Å²) >= 11 is 0. The molecule has 0 saturated carbocycles. The van der Waals surface area contributed by atoms with E-state index in [1.54, 1.807) is 6.92 Å². The van der Waals surface area contributed by atoms with Crippen molar-refractivity contribution in [2.75, 3.05) is 0 Å². The van der Waals surface area contributed by atoms with Gasteiger partial charge in [0.1, 0.15) is 28.5 Å². The Labute approximate surface area is 158 Å². The lowest BCUT2D eigenvalue weighted by atomic mass is 9.86. The average molecular weight is 388 g/mol. The summed E-state index contributed by atoms with van der Waals surface area (Å²) in [5.74, 6) is -2.05. The number of nitrogens with zero attached hydrogens (tertiary/aromatic N) is 1. The smallest absolute Gasteiger partial charge is 0.373 e. The Bertz CT molecular complexity index is 970. The predicted octanol–water partition coefficient (Wildman–Crippen LogP) is 2.91. The van der Waals surface area contributed by atoms with Gasteiger partial charge in [-0.15, -0.1) is 5.48 Å². The van der Waals surface area contributed by atoms with Crippen LogP contribution in [0, 0.1) is 10.1 Å². The SMILES string of the molecule is CCC1(c2c(O)cc(O)cc2Oc2ccc([N+](=O)[O-])cc2)C=C(C(=O)O)ON1. The van der Waals surface area contributed by atoms with Crippen LogP contribution in [-0.2, 0) is 15.2 Å². The Kier molecular flexibility index (Phi) is 4.80. The molecule has 4 N–H and O–H groups in total. The lowest BCUT2D eigenvalue weighted by Gasteiger charge is -2.28. The van der Waals surface area contributed by atoms with Crippen LogP contribution in [0.4, 0.5) is 5.69 Å². The van der Waals surface area contributed by atoms with Crippen molar-refractivity contribution in [2.45, 2.75) is 18.9 Å². The van der Waals surface area contributed by atoms with Crippen molar-refractivity contribution in [3.63, 3.8) is 0 Å². The fraction of sp³-hybridized carbons (Fsp3) is 0.167. The molecule has 3 rings (SSSR count). The molecule has 1 aliphatic rings. The molecule has 1 heterocycles. The van der Waals surface area contributed by atoms with Crippen LogP contribution in [0.2, 0.25) is 0 Å². The molecule has 28 heavy (non-hydrogen) atoms. The average Bonchev–Trinajstić information content (AvgIpc) is 3.07. The first-order valence-electron chi connectivity index (χ1n) is 8.14. The van der Waals surface area contributed by atoms with Gasteiger partial charge in [-0.05, 0) is 24.6 Å². The summed E-state index contributed by atoms with van der Waals surface area (Å²) in [6.07, 6.45) is 1.57. The van der Waals surface area contributed by atoms with Gasteiger partial charge in [0.05, 0.1) is 10.5 Å². The summed E-state index contributed by atoms with van der Waals surface area (Å²) in [5, 5.41) is 40.2. The van der Waals surface area contributed by atoms with E-state index in [1.807, 2.05) is 0 Å². The second-order valence-corrected chi connectivity index (χ2v) is 6.03. The van der Waals surface area contributed by atoms with E-state index < -0.39 is 16.4 Å². The molecule has 146 valence electrons. The lowest BCUT2D eigenvalue weighted by molar-refractivity contribution is -0.384. The van der Waals surface area contributed by atoms with Crippen molar-refractivity contribution in [1.29, 1.82) is 0 Å². The van der Waals surface area contributed by atoms with Gasteiger partial charge in [-0.3, -0.25) is 10.1 Å². The third kappa shape index (κ3) is 3.40. The zero-order chi connectivity index (χ0) is 20.5. The monoisotopic (exact) mass is 388 g/mol. The Morgan fingerprint density at radius 3 is 2.50 bits per heavy atom. The number of rotatable bonds is 6. The van der Waals surface area contributed by atoms with Crippen LogP contribution >= 0.6 is 0 Å². The van der Waals surface area contributed by atoms with Crippen LogP contribution < -0.4 is 10.2 Å². The highest BCUT2D eigenvalue weighted by Gasteiger charge is 2.42. The number of hydrogen-bond donors (Lipinski definition) is 4. The van der Waals surface area contributed by atoms with Crippen LogP contribution in [0.3, 0.4) is 0 Å². The molecule has 1 aliphatic heterocycles. The van der Waals surface area contributed by atoms with E-state index in [0.29, 0.717) is 0 Å². The van der Waals surface area contributed by atoms with Crippen molar-refractivity contribution in [1.82, 2.24) is 5.48 Å². The molecule has 2 aromatic carbocycles. The highest BCUT2D eigenvalue weighted by Crippen LogP contribution is 2.46. The summed E-state index contributed by atoms with van der Waals surface area (Å²) in [7, 11) is 0. The van der Waals surface area contributed by atoms with Crippen molar-refractivity contribution < 1.29 is 34.6 Å². The molecule has 1 atom stereocenters. The standard InChI is InChI=1S/C18H16N2O8/c1-2-18(9-15(17(23)24)28-19-18)16-13(22)7-11(21)8-14(16)27-12-5-3-10(4-6-12)20(25)26/h3-9,19,21-22H,2H2,1H3,(H,23,24). The second kappa shape index (κ2) is 7.08. The number of phenols is 2. The van der Waals surface area contributed by atoms with Gasteiger partial charge in [0.2, 0.25) is 5.76 Å². The Hall–Kier alpha value is -3.79. The summed E-state index contributed by atoms with van der Waals surface area (Å²) in [6, 6.07) is 7.53. The number of carboxylic acids is 1. The zero-order valence-electron chi connectivity index (χ0n) is 14.6. The van der Waals surface area contributed by atoms with Crippen molar-refractivity contribution >= 4 is 11.7 Å². The minimum Gasteiger partial charge on any atom is -0.508 e. The molecule has 2 aromatic rings. The minimum atomic E-state index is -1.29. The normalized spacial score (nSPS) is 18.2. The number of benzene rings is 2. The molecule has 0 amide bonds. The van der Waals surface area contributed by atoms with Crippen molar-refractivity contribution in [2.24, 2.45) is 0 Å². The number of nitrogens with one attached hydrogen (secondary N) is 1. The fourth-order valence-electron chi connectivity index (χ4n) is 2.89. The molecular formula is C18H16N2O8. The van der Waals surface area contributed by atoms with E-state index in [9.17, 15) is 25.1 Å². The Balaban J connectivity index is 2.07. The van der Waals surface area contributed by atoms with Crippen LogP contribution in [0.1, 0.15) is 18.9 Å². The highest BCUT2D eigenvalue weighted by atomic mass is 16.7. The maximum absolute atomic E-state index is 11.2. The van der Waals surface area contributed by atoms with Gasteiger partial charge in [-0.1, -0.05) is 6.92 Å². The van der Waals surface area contributed by atoms with Gasteiger partial charge in [-0.2, -0.15) is 0 Å². The quantitative estimate of drug-likeness (QED) is 0.432. The maximum Gasteiger partial charge on any atom is 0.373 e. The molecule has 0 radical (unpaired) electrons. The molecular weight excluding hydrogens is 372 g/mol. The molecule has 10 nitrogen and oxygen atoms in total. The Morgan fingerprint density at radius 2 is 1.96 bits per heavy atom. The Morgan fingerprint density at radius 1 is 1.29 bits per heavy atom. The number of phenolic OH excluding ortho intramolecular Hbond substituents is 2. The number of hydrogen-bond acceptors (Lipinski definition) is 8. The second-order valence-electron chi connectivity index (χ2n) is 6.03. The zero-order valence-corrected chi connectivity index (χ0v) is 14.6. The molecule has 0 aliphatic carbocycles.